The van der Waals surface area contributed by atoms with Crippen LogP contribution < -0.4 is 10.9 Å². The fraction of sp³-hybridized carbons (Fsp3) is 0.833. The minimum atomic E-state index is 0.134. The van der Waals surface area contributed by atoms with E-state index in [4.69, 9.17) is 0 Å². The first-order valence-corrected chi connectivity index (χ1v) is 5.62. The maximum Gasteiger partial charge on any atom is 0.0506 e. The van der Waals surface area contributed by atoms with Crippen molar-refractivity contribution >= 4 is 0 Å². The molecule has 0 spiro atoms. The van der Waals surface area contributed by atoms with E-state index in [1.165, 1.54) is 19.3 Å². The van der Waals surface area contributed by atoms with Crippen LogP contribution in [0.5, 0.6) is 0 Å². The van der Waals surface area contributed by atoms with E-state index >= 15 is 0 Å². The second-order valence-electron chi connectivity index (χ2n) is 5.03. The topological polar surface area (TPSA) is 24.1 Å². The highest BCUT2D eigenvalue weighted by Crippen LogP contribution is 2.38. The number of hydrogen-bond donors (Lipinski definition) is 2. The summed E-state index contributed by atoms with van der Waals surface area (Å²) in [5, 5.41) is 0. The van der Waals surface area contributed by atoms with E-state index in [-0.39, 0.29) is 5.54 Å². The van der Waals surface area contributed by atoms with Gasteiger partial charge in [0.2, 0.25) is 0 Å². The van der Waals surface area contributed by atoms with Crippen molar-refractivity contribution < 1.29 is 0 Å². The van der Waals surface area contributed by atoms with Crippen molar-refractivity contribution in [3.63, 3.8) is 0 Å². The zero-order valence-electron chi connectivity index (χ0n) is 10.2. The van der Waals surface area contributed by atoms with E-state index < -0.39 is 0 Å². The van der Waals surface area contributed by atoms with Gasteiger partial charge in [0, 0.05) is 0 Å². The third-order valence-corrected chi connectivity index (χ3v) is 3.08. The average Bonchev–Trinajstić information content (AvgIpc) is 2.84. The molecular weight excluding hydrogens is 172 g/mol. The van der Waals surface area contributed by atoms with E-state index in [0.717, 1.165) is 5.92 Å². The molecule has 0 heterocycles. The molecule has 1 unspecified atom stereocenters. The highest BCUT2D eigenvalue weighted by molar-refractivity contribution is 5.31. The Morgan fingerprint density at radius 3 is 2.36 bits per heavy atom. The molecule has 0 amide bonds. The van der Waals surface area contributed by atoms with Gasteiger partial charge in [-0.3, -0.25) is 5.43 Å². The van der Waals surface area contributed by atoms with Crippen LogP contribution in [0.3, 0.4) is 0 Å². The molecule has 0 aliphatic heterocycles. The first kappa shape index (κ1) is 11.7. The SMILES string of the molecule is CNNC(C)(CC(C)C)C(C)=C1CC1. The van der Waals surface area contributed by atoms with E-state index in [2.05, 4.69) is 38.5 Å². The van der Waals surface area contributed by atoms with Crippen molar-refractivity contribution in [3.8, 4) is 0 Å². The summed E-state index contributed by atoms with van der Waals surface area (Å²) < 4.78 is 0. The van der Waals surface area contributed by atoms with Gasteiger partial charge in [0.05, 0.1) is 5.54 Å². The maximum atomic E-state index is 3.40. The van der Waals surface area contributed by atoms with E-state index in [1.807, 2.05) is 7.05 Å². The molecular formula is C12H24N2. The van der Waals surface area contributed by atoms with Crippen molar-refractivity contribution in [1.82, 2.24) is 10.9 Å². The summed E-state index contributed by atoms with van der Waals surface area (Å²) in [6, 6.07) is 0. The molecule has 82 valence electrons. The van der Waals surface area contributed by atoms with E-state index in [9.17, 15) is 0 Å². The molecule has 0 saturated heterocycles. The number of nitrogens with one attached hydrogen (secondary N) is 2. The monoisotopic (exact) mass is 196 g/mol. The molecule has 2 nitrogen and oxygen atoms in total. The van der Waals surface area contributed by atoms with Crippen LogP contribution in [-0.2, 0) is 0 Å². The molecule has 0 radical (unpaired) electrons. The predicted octanol–water partition coefficient (Wildman–Crippen LogP) is 2.63. The van der Waals surface area contributed by atoms with Gasteiger partial charge < -0.3 is 0 Å². The van der Waals surface area contributed by atoms with Crippen LogP contribution in [0.25, 0.3) is 0 Å². The van der Waals surface area contributed by atoms with Gasteiger partial charge >= 0.3 is 0 Å². The Morgan fingerprint density at radius 1 is 1.43 bits per heavy atom. The molecule has 1 saturated carbocycles. The Balaban J connectivity index is 2.75. The summed E-state index contributed by atoms with van der Waals surface area (Å²) >= 11 is 0. The van der Waals surface area contributed by atoms with Crippen molar-refractivity contribution in [1.29, 1.82) is 0 Å². The minimum absolute atomic E-state index is 0.134. The van der Waals surface area contributed by atoms with Crippen LogP contribution in [-0.4, -0.2) is 12.6 Å². The normalized spacial score (nSPS) is 19.7. The van der Waals surface area contributed by atoms with Crippen molar-refractivity contribution in [2.75, 3.05) is 7.05 Å². The van der Waals surface area contributed by atoms with E-state index in [1.54, 1.807) is 11.1 Å². The summed E-state index contributed by atoms with van der Waals surface area (Å²) in [6.07, 6.45) is 3.80. The molecule has 2 N–H and O–H groups in total. The highest BCUT2D eigenvalue weighted by atomic mass is 15.4. The summed E-state index contributed by atoms with van der Waals surface area (Å²) in [6.45, 7) is 9.13. The Kier molecular flexibility index (Phi) is 3.73. The van der Waals surface area contributed by atoms with Gasteiger partial charge in [-0.15, -0.1) is 0 Å². The lowest BCUT2D eigenvalue weighted by molar-refractivity contribution is 0.309. The van der Waals surface area contributed by atoms with Crippen molar-refractivity contribution in [3.05, 3.63) is 11.1 Å². The van der Waals surface area contributed by atoms with Crippen LogP contribution in [0.1, 0.15) is 47.0 Å². The molecule has 0 aromatic carbocycles. The van der Waals surface area contributed by atoms with Crippen LogP contribution in [0.4, 0.5) is 0 Å². The van der Waals surface area contributed by atoms with Gasteiger partial charge in [0.1, 0.15) is 0 Å². The zero-order valence-corrected chi connectivity index (χ0v) is 10.2. The lowest BCUT2D eigenvalue weighted by Crippen LogP contribution is -2.50. The minimum Gasteiger partial charge on any atom is -0.260 e. The molecule has 14 heavy (non-hydrogen) atoms. The van der Waals surface area contributed by atoms with Crippen LogP contribution in [0.2, 0.25) is 0 Å². The highest BCUT2D eigenvalue weighted by Gasteiger charge is 2.31. The number of hydrogen-bond acceptors (Lipinski definition) is 2. The fourth-order valence-corrected chi connectivity index (χ4v) is 2.22. The number of allylic oxidation sites excluding steroid dienone is 1. The van der Waals surface area contributed by atoms with Crippen LogP contribution in [0, 0.1) is 5.92 Å². The summed E-state index contributed by atoms with van der Waals surface area (Å²) in [4.78, 5) is 0. The Labute approximate surface area is 88.1 Å². The molecule has 1 rings (SSSR count). The predicted molar refractivity (Wildman–Crippen MR) is 62.0 cm³/mol. The third kappa shape index (κ3) is 2.82. The smallest absolute Gasteiger partial charge is 0.0506 e. The second kappa shape index (κ2) is 4.45. The quantitative estimate of drug-likeness (QED) is 0.522. The lowest BCUT2D eigenvalue weighted by Gasteiger charge is -2.33. The molecule has 1 aliphatic carbocycles. The lowest BCUT2D eigenvalue weighted by atomic mass is 9.84. The molecule has 0 bridgehead atoms. The van der Waals surface area contributed by atoms with Gasteiger partial charge in [0.15, 0.2) is 0 Å². The van der Waals surface area contributed by atoms with Gasteiger partial charge in [-0.2, -0.15) is 0 Å². The van der Waals surface area contributed by atoms with Crippen LogP contribution in [0.15, 0.2) is 11.1 Å². The molecule has 1 aliphatic rings. The van der Waals surface area contributed by atoms with Crippen molar-refractivity contribution in [2.24, 2.45) is 5.92 Å². The van der Waals surface area contributed by atoms with E-state index in [0.29, 0.717) is 0 Å². The second-order valence-corrected chi connectivity index (χ2v) is 5.03. The van der Waals surface area contributed by atoms with Gasteiger partial charge in [-0.25, -0.2) is 5.43 Å². The maximum absolute atomic E-state index is 3.40. The van der Waals surface area contributed by atoms with Gasteiger partial charge in [0.25, 0.3) is 0 Å². The number of hydrazine groups is 1. The Bertz CT molecular complexity index is 224. The summed E-state index contributed by atoms with van der Waals surface area (Å²) in [5.41, 5.74) is 9.82. The van der Waals surface area contributed by atoms with Gasteiger partial charge in [-0.05, 0) is 46.1 Å². The standard InChI is InChI=1S/C12H24N2/c1-9(2)8-12(4,14-13-5)10(3)11-6-7-11/h9,13-14H,6-8H2,1-5H3. The van der Waals surface area contributed by atoms with Crippen LogP contribution >= 0.6 is 0 Å². The zero-order chi connectivity index (χ0) is 10.8. The molecule has 0 aromatic heterocycles. The summed E-state index contributed by atoms with van der Waals surface area (Å²) in [7, 11) is 1.95. The number of rotatable bonds is 5. The Hall–Kier alpha value is -0.340. The summed E-state index contributed by atoms with van der Waals surface area (Å²) in [5.74, 6) is 0.718. The average molecular weight is 196 g/mol. The molecule has 1 fully saturated rings. The van der Waals surface area contributed by atoms with Crippen molar-refractivity contribution in [2.45, 2.75) is 52.5 Å². The third-order valence-electron chi connectivity index (χ3n) is 3.08. The molecule has 1 atom stereocenters. The first-order valence-electron chi connectivity index (χ1n) is 5.62. The first-order chi connectivity index (χ1) is 6.49. The fourth-order valence-electron chi connectivity index (χ4n) is 2.22. The Morgan fingerprint density at radius 2 is 2.00 bits per heavy atom. The molecule has 0 aromatic rings. The largest absolute Gasteiger partial charge is 0.260 e. The molecule has 2 heteroatoms. The van der Waals surface area contributed by atoms with Gasteiger partial charge in [-0.1, -0.05) is 25.0 Å².